The molecule has 2 N–H and O–H groups in total. The summed E-state index contributed by atoms with van der Waals surface area (Å²) in [6.07, 6.45) is 1.70. The summed E-state index contributed by atoms with van der Waals surface area (Å²) in [5.74, 6) is -0.100. The first-order valence-electron chi connectivity index (χ1n) is 9.26. The summed E-state index contributed by atoms with van der Waals surface area (Å²) in [7, 11) is -4.10. The van der Waals surface area contributed by atoms with Gasteiger partial charge in [0.15, 0.2) is 4.90 Å². The Morgan fingerprint density at radius 1 is 1.20 bits per heavy atom. The molecule has 2 aromatic rings. The number of sulfonamides is 1. The zero-order chi connectivity index (χ0) is 21.9. The van der Waals surface area contributed by atoms with Crippen LogP contribution < -0.4 is 4.72 Å². The normalized spacial score (nSPS) is 21.7. The largest absolute Gasteiger partial charge is 0.395 e. The van der Waals surface area contributed by atoms with Gasteiger partial charge in [-0.1, -0.05) is 46.3 Å². The number of aliphatic hydroxyl groups is 1. The second kappa shape index (κ2) is 9.36. The number of halogens is 1. The Morgan fingerprint density at radius 2 is 1.87 bits per heavy atom. The van der Waals surface area contributed by atoms with Crippen molar-refractivity contribution in [3.05, 3.63) is 81.3 Å². The standard InChI is InChI=1S/C20H22BrN3O5S/c1-2-11-23-17(20(18(23)13-25)14-7-9-15(21)10-8-14)12-22-30(28,29)19-6-4-3-5-16(19)24(26)27/h2-10,17-18,20,22,25H,1,11-13H2/t17-,18+,20+/m0/s1. The van der Waals surface area contributed by atoms with Crippen molar-refractivity contribution in [3.8, 4) is 0 Å². The summed E-state index contributed by atoms with van der Waals surface area (Å²) in [6, 6.07) is 12.5. The number of hydrogen-bond acceptors (Lipinski definition) is 6. The first kappa shape index (κ1) is 22.6. The average molecular weight is 496 g/mol. The van der Waals surface area contributed by atoms with Gasteiger partial charge in [-0.2, -0.15) is 0 Å². The van der Waals surface area contributed by atoms with Crippen molar-refractivity contribution in [2.24, 2.45) is 0 Å². The highest BCUT2D eigenvalue weighted by Crippen LogP contribution is 2.40. The number of para-hydroxylation sites is 1. The van der Waals surface area contributed by atoms with Gasteiger partial charge in [-0.3, -0.25) is 15.0 Å². The number of nitro groups is 1. The van der Waals surface area contributed by atoms with Gasteiger partial charge in [0.2, 0.25) is 10.0 Å². The maximum Gasteiger partial charge on any atom is 0.289 e. The molecule has 1 heterocycles. The molecule has 3 rings (SSSR count). The SMILES string of the molecule is C=CCN1[C@H](CO)[C@H](c2ccc(Br)cc2)[C@@H]1CNS(=O)(=O)c1ccccc1[N+](=O)[O-]. The van der Waals surface area contributed by atoms with Gasteiger partial charge in [-0.15, -0.1) is 6.58 Å². The quantitative estimate of drug-likeness (QED) is 0.314. The van der Waals surface area contributed by atoms with E-state index in [0.29, 0.717) is 6.54 Å². The molecule has 2 aromatic carbocycles. The van der Waals surface area contributed by atoms with Gasteiger partial charge in [-0.25, -0.2) is 13.1 Å². The first-order valence-corrected chi connectivity index (χ1v) is 11.5. The molecule has 0 amide bonds. The summed E-state index contributed by atoms with van der Waals surface area (Å²) in [5.41, 5.74) is 0.506. The van der Waals surface area contributed by atoms with E-state index in [1.807, 2.05) is 29.2 Å². The minimum atomic E-state index is -4.10. The summed E-state index contributed by atoms with van der Waals surface area (Å²) >= 11 is 3.40. The molecule has 10 heteroatoms. The van der Waals surface area contributed by atoms with Crippen molar-refractivity contribution in [3.63, 3.8) is 0 Å². The molecule has 1 fully saturated rings. The lowest BCUT2D eigenvalue weighted by atomic mass is 9.75. The Bertz CT molecular complexity index is 1030. The second-order valence-corrected chi connectivity index (χ2v) is 9.61. The first-order chi connectivity index (χ1) is 14.3. The Kier molecular flexibility index (Phi) is 7.04. The second-order valence-electron chi connectivity index (χ2n) is 6.96. The molecular weight excluding hydrogens is 474 g/mol. The van der Waals surface area contributed by atoms with Crippen LogP contribution in [-0.4, -0.2) is 55.1 Å². The van der Waals surface area contributed by atoms with Crippen LogP contribution in [0.25, 0.3) is 0 Å². The zero-order valence-corrected chi connectivity index (χ0v) is 18.4. The van der Waals surface area contributed by atoms with Crippen LogP contribution in [0.3, 0.4) is 0 Å². The predicted molar refractivity (Wildman–Crippen MR) is 117 cm³/mol. The van der Waals surface area contributed by atoms with E-state index < -0.39 is 20.6 Å². The van der Waals surface area contributed by atoms with Crippen LogP contribution in [0, 0.1) is 10.1 Å². The highest BCUT2D eigenvalue weighted by molar-refractivity contribution is 9.10. The summed E-state index contributed by atoms with van der Waals surface area (Å²) in [6.45, 7) is 4.18. The van der Waals surface area contributed by atoms with E-state index in [-0.39, 0.29) is 36.0 Å². The van der Waals surface area contributed by atoms with Crippen molar-refractivity contribution in [2.75, 3.05) is 19.7 Å². The van der Waals surface area contributed by atoms with Crippen LogP contribution >= 0.6 is 15.9 Å². The Hall–Kier alpha value is -2.11. The number of rotatable bonds is 9. The van der Waals surface area contributed by atoms with Crippen LogP contribution in [-0.2, 0) is 10.0 Å². The molecule has 160 valence electrons. The number of likely N-dealkylation sites (tertiary alicyclic amines) is 1. The molecule has 0 spiro atoms. The fourth-order valence-corrected chi connectivity index (χ4v) is 5.42. The van der Waals surface area contributed by atoms with E-state index in [9.17, 15) is 23.6 Å². The number of nitrogens with one attached hydrogen (secondary N) is 1. The molecule has 0 aliphatic carbocycles. The smallest absolute Gasteiger partial charge is 0.289 e. The van der Waals surface area contributed by atoms with Crippen molar-refractivity contribution < 1.29 is 18.4 Å². The minimum absolute atomic E-state index is 0.0411. The highest BCUT2D eigenvalue weighted by Gasteiger charge is 2.48. The monoisotopic (exact) mass is 495 g/mol. The Balaban J connectivity index is 1.86. The highest BCUT2D eigenvalue weighted by atomic mass is 79.9. The molecule has 0 saturated carbocycles. The molecule has 0 aromatic heterocycles. The van der Waals surface area contributed by atoms with Gasteiger partial charge in [0.05, 0.1) is 11.5 Å². The van der Waals surface area contributed by atoms with E-state index in [2.05, 4.69) is 27.2 Å². The van der Waals surface area contributed by atoms with Crippen LogP contribution in [0.5, 0.6) is 0 Å². The molecule has 3 atom stereocenters. The summed E-state index contributed by atoms with van der Waals surface area (Å²) < 4.78 is 29.0. The third-order valence-electron chi connectivity index (χ3n) is 5.30. The van der Waals surface area contributed by atoms with Gasteiger partial charge in [0.1, 0.15) is 0 Å². The fraction of sp³-hybridized carbons (Fsp3) is 0.300. The van der Waals surface area contributed by atoms with Crippen molar-refractivity contribution in [1.82, 2.24) is 9.62 Å². The lowest BCUT2D eigenvalue weighted by molar-refractivity contribution is -0.387. The van der Waals surface area contributed by atoms with Gasteiger partial charge < -0.3 is 5.11 Å². The van der Waals surface area contributed by atoms with Crippen molar-refractivity contribution >= 4 is 31.6 Å². The van der Waals surface area contributed by atoms with Crippen LogP contribution in [0.1, 0.15) is 11.5 Å². The van der Waals surface area contributed by atoms with Gasteiger partial charge in [0.25, 0.3) is 5.69 Å². The van der Waals surface area contributed by atoms with E-state index in [4.69, 9.17) is 0 Å². The van der Waals surface area contributed by atoms with Crippen molar-refractivity contribution in [1.29, 1.82) is 0 Å². The number of nitro benzene ring substituents is 1. The van der Waals surface area contributed by atoms with Crippen LogP contribution in [0.4, 0.5) is 5.69 Å². The maximum absolute atomic E-state index is 12.8. The van der Waals surface area contributed by atoms with Crippen LogP contribution in [0.2, 0.25) is 0 Å². The number of aliphatic hydroxyl groups excluding tert-OH is 1. The van der Waals surface area contributed by atoms with Gasteiger partial charge >= 0.3 is 0 Å². The molecule has 1 aliphatic rings. The fourth-order valence-electron chi connectivity index (χ4n) is 3.93. The lowest BCUT2D eigenvalue weighted by Crippen LogP contribution is -2.66. The number of nitrogens with zero attached hydrogens (tertiary/aromatic N) is 2. The number of benzene rings is 2. The molecule has 1 saturated heterocycles. The molecule has 8 nitrogen and oxygen atoms in total. The summed E-state index contributed by atoms with van der Waals surface area (Å²) in [4.78, 5) is 12.1. The molecule has 0 bridgehead atoms. The van der Waals surface area contributed by atoms with Crippen LogP contribution in [0.15, 0.2) is 70.6 Å². The maximum atomic E-state index is 12.8. The molecule has 1 aliphatic heterocycles. The van der Waals surface area contributed by atoms with E-state index in [0.717, 1.165) is 16.1 Å². The van der Waals surface area contributed by atoms with E-state index >= 15 is 0 Å². The molecule has 0 unspecified atom stereocenters. The van der Waals surface area contributed by atoms with E-state index in [1.165, 1.54) is 18.2 Å². The third kappa shape index (κ3) is 4.47. The van der Waals surface area contributed by atoms with Crippen molar-refractivity contribution in [2.45, 2.75) is 22.9 Å². The van der Waals surface area contributed by atoms with Gasteiger partial charge in [-0.05, 0) is 23.8 Å². The Morgan fingerprint density at radius 3 is 2.47 bits per heavy atom. The van der Waals surface area contributed by atoms with E-state index in [1.54, 1.807) is 6.08 Å². The minimum Gasteiger partial charge on any atom is -0.395 e. The number of hydrogen-bond donors (Lipinski definition) is 2. The molecule has 0 radical (unpaired) electrons. The third-order valence-corrected chi connectivity index (χ3v) is 7.30. The summed E-state index contributed by atoms with van der Waals surface area (Å²) in [5, 5.41) is 21.1. The molecule has 30 heavy (non-hydrogen) atoms. The average Bonchev–Trinajstić information content (AvgIpc) is 2.72. The topological polar surface area (TPSA) is 113 Å². The lowest BCUT2D eigenvalue weighted by Gasteiger charge is -2.55. The zero-order valence-electron chi connectivity index (χ0n) is 16.0. The predicted octanol–water partition coefficient (Wildman–Crippen LogP) is 2.65. The molecular formula is C20H22BrN3O5S. The Labute approximate surface area is 183 Å². The van der Waals surface area contributed by atoms with Gasteiger partial charge in [0, 0.05) is 41.6 Å².